The molecule has 5 heteroatoms. The standard InChI is InChI=1S/C12H14F2NO2/c1-3-8-4-5-9(17-12(13)14)11-10(8)15-6-7(2)16-11/h4-5,7,12,15H,1,3,6H2,2H3. The molecule has 1 aromatic rings. The van der Waals surface area contributed by atoms with Crippen molar-refractivity contribution in [2.75, 3.05) is 11.9 Å². The van der Waals surface area contributed by atoms with Gasteiger partial charge in [0.15, 0.2) is 11.5 Å². The monoisotopic (exact) mass is 242 g/mol. The summed E-state index contributed by atoms with van der Waals surface area (Å²) in [7, 11) is 0. The van der Waals surface area contributed by atoms with Gasteiger partial charge in [0.25, 0.3) is 0 Å². The summed E-state index contributed by atoms with van der Waals surface area (Å²) in [6.45, 7) is 3.43. The fourth-order valence-electron chi connectivity index (χ4n) is 1.80. The molecule has 93 valence electrons. The highest BCUT2D eigenvalue weighted by Crippen LogP contribution is 2.41. The molecule has 0 fully saturated rings. The molecule has 0 bridgehead atoms. The Bertz CT molecular complexity index is 410. The molecule has 2 rings (SSSR count). The van der Waals surface area contributed by atoms with E-state index < -0.39 is 6.61 Å². The van der Waals surface area contributed by atoms with E-state index in [1.54, 1.807) is 6.07 Å². The maximum Gasteiger partial charge on any atom is 0.387 e. The van der Waals surface area contributed by atoms with Crippen molar-refractivity contribution in [3.8, 4) is 11.5 Å². The summed E-state index contributed by atoms with van der Waals surface area (Å²) in [6, 6.07) is 3.21. The number of benzene rings is 1. The van der Waals surface area contributed by atoms with E-state index in [1.807, 2.05) is 6.92 Å². The van der Waals surface area contributed by atoms with Gasteiger partial charge < -0.3 is 14.8 Å². The molecule has 0 saturated carbocycles. The minimum atomic E-state index is -2.86. The molecule has 1 radical (unpaired) electrons. The van der Waals surface area contributed by atoms with Crippen LogP contribution in [0.5, 0.6) is 11.5 Å². The molecule has 17 heavy (non-hydrogen) atoms. The average molecular weight is 242 g/mol. The Labute approximate surface area is 98.7 Å². The van der Waals surface area contributed by atoms with Crippen LogP contribution in [-0.4, -0.2) is 19.3 Å². The second-order valence-corrected chi connectivity index (χ2v) is 3.86. The molecule has 1 atom stereocenters. The SMILES string of the molecule is [CH2]Cc1ccc(OC(F)F)c2c1NCC(C)O2. The van der Waals surface area contributed by atoms with E-state index in [-0.39, 0.29) is 11.9 Å². The van der Waals surface area contributed by atoms with Gasteiger partial charge in [-0.3, -0.25) is 0 Å². The number of anilines is 1. The first-order valence-corrected chi connectivity index (χ1v) is 5.42. The highest BCUT2D eigenvalue weighted by molar-refractivity contribution is 5.69. The van der Waals surface area contributed by atoms with E-state index in [0.29, 0.717) is 24.4 Å². The van der Waals surface area contributed by atoms with Gasteiger partial charge in [-0.05, 0) is 31.9 Å². The van der Waals surface area contributed by atoms with Crippen molar-refractivity contribution in [2.24, 2.45) is 0 Å². The first-order valence-electron chi connectivity index (χ1n) is 5.42. The number of hydrogen-bond acceptors (Lipinski definition) is 3. The van der Waals surface area contributed by atoms with Crippen molar-refractivity contribution in [2.45, 2.75) is 26.1 Å². The molecule has 0 saturated heterocycles. The molecular weight excluding hydrogens is 228 g/mol. The molecular formula is C12H14F2NO2. The Kier molecular flexibility index (Phi) is 3.36. The van der Waals surface area contributed by atoms with E-state index >= 15 is 0 Å². The van der Waals surface area contributed by atoms with Gasteiger partial charge in [-0.1, -0.05) is 6.07 Å². The van der Waals surface area contributed by atoms with Crippen molar-refractivity contribution < 1.29 is 18.3 Å². The van der Waals surface area contributed by atoms with Crippen LogP contribution in [0.25, 0.3) is 0 Å². The lowest BCUT2D eigenvalue weighted by atomic mass is 10.1. The zero-order valence-corrected chi connectivity index (χ0v) is 9.50. The van der Waals surface area contributed by atoms with E-state index in [9.17, 15) is 8.78 Å². The van der Waals surface area contributed by atoms with Gasteiger partial charge in [-0.2, -0.15) is 8.78 Å². The van der Waals surface area contributed by atoms with Gasteiger partial charge >= 0.3 is 6.61 Å². The molecule has 1 aliphatic rings. The number of halogens is 2. The van der Waals surface area contributed by atoms with Crippen LogP contribution in [0.3, 0.4) is 0 Å². The fraction of sp³-hybridized carbons (Fsp3) is 0.417. The van der Waals surface area contributed by atoms with Gasteiger partial charge in [-0.15, -0.1) is 0 Å². The van der Waals surface area contributed by atoms with Gasteiger partial charge in [-0.25, -0.2) is 0 Å². The van der Waals surface area contributed by atoms with Crippen molar-refractivity contribution in [3.63, 3.8) is 0 Å². The largest absolute Gasteiger partial charge is 0.483 e. The smallest absolute Gasteiger partial charge is 0.387 e. The van der Waals surface area contributed by atoms with Crippen LogP contribution in [0.1, 0.15) is 12.5 Å². The van der Waals surface area contributed by atoms with Crippen LogP contribution in [-0.2, 0) is 6.42 Å². The molecule has 1 aromatic carbocycles. The molecule has 0 aliphatic carbocycles. The van der Waals surface area contributed by atoms with Gasteiger partial charge in [0.2, 0.25) is 0 Å². The quantitative estimate of drug-likeness (QED) is 0.884. The summed E-state index contributed by atoms with van der Waals surface area (Å²) in [4.78, 5) is 0. The van der Waals surface area contributed by atoms with Crippen molar-refractivity contribution >= 4 is 5.69 Å². The molecule has 1 heterocycles. The Morgan fingerprint density at radius 3 is 3.00 bits per heavy atom. The van der Waals surface area contributed by atoms with E-state index in [1.165, 1.54) is 6.07 Å². The molecule has 3 nitrogen and oxygen atoms in total. The summed E-state index contributed by atoms with van der Waals surface area (Å²) < 4.78 is 34.5. The number of nitrogens with one attached hydrogen (secondary N) is 1. The molecule has 0 aromatic heterocycles. The van der Waals surface area contributed by atoms with E-state index in [2.05, 4.69) is 17.0 Å². The second-order valence-electron chi connectivity index (χ2n) is 3.86. The van der Waals surface area contributed by atoms with Crippen molar-refractivity contribution in [3.05, 3.63) is 24.6 Å². The van der Waals surface area contributed by atoms with Gasteiger partial charge in [0.1, 0.15) is 6.10 Å². The maximum atomic E-state index is 12.3. The summed E-state index contributed by atoms with van der Waals surface area (Å²) in [6.07, 6.45) is 0.477. The number of ether oxygens (including phenoxy) is 2. The first-order chi connectivity index (χ1) is 8.11. The Morgan fingerprint density at radius 1 is 1.59 bits per heavy atom. The number of fused-ring (bicyclic) bond motifs is 1. The average Bonchev–Trinajstić information content (AvgIpc) is 2.29. The zero-order chi connectivity index (χ0) is 12.4. The van der Waals surface area contributed by atoms with E-state index in [0.717, 1.165) is 5.56 Å². The van der Waals surface area contributed by atoms with Crippen LogP contribution in [0, 0.1) is 6.92 Å². The maximum absolute atomic E-state index is 12.3. The van der Waals surface area contributed by atoms with Crippen molar-refractivity contribution in [1.82, 2.24) is 0 Å². The number of rotatable bonds is 3. The minimum Gasteiger partial charge on any atom is -0.483 e. The van der Waals surface area contributed by atoms with Gasteiger partial charge in [0.05, 0.1) is 12.2 Å². The molecule has 0 amide bonds. The summed E-state index contributed by atoms with van der Waals surface area (Å²) in [5.74, 6) is 0.413. The lowest BCUT2D eigenvalue weighted by Crippen LogP contribution is -2.28. The predicted molar refractivity (Wildman–Crippen MR) is 60.7 cm³/mol. The normalized spacial score (nSPS) is 18.3. The molecule has 1 N–H and O–H groups in total. The first kappa shape index (κ1) is 12.0. The third kappa shape index (κ3) is 2.43. The molecule has 1 unspecified atom stereocenters. The summed E-state index contributed by atoms with van der Waals surface area (Å²) in [5, 5.41) is 3.16. The topological polar surface area (TPSA) is 30.5 Å². The highest BCUT2D eigenvalue weighted by atomic mass is 19.3. The minimum absolute atomic E-state index is 0.0613. The fourth-order valence-corrected chi connectivity index (χ4v) is 1.80. The van der Waals surface area contributed by atoms with Crippen molar-refractivity contribution in [1.29, 1.82) is 0 Å². The second kappa shape index (κ2) is 4.77. The van der Waals surface area contributed by atoms with Crippen LogP contribution in [0.15, 0.2) is 12.1 Å². The van der Waals surface area contributed by atoms with Crippen LogP contribution >= 0.6 is 0 Å². The third-order valence-electron chi connectivity index (χ3n) is 2.58. The zero-order valence-electron chi connectivity index (χ0n) is 9.50. The van der Waals surface area contributed by atoms with Crippen LogP contribution < -0.4 is 14.8 Å². The highest BCUT2D eigenvalue weighted by Gasteiger charge is 2.23. The molecule has 0 spiro atoms. The lowest BCUT2D eigenvalue weighted by molar-refractivity contribution is -0.0519. The Morgan fingerprint density at radius 2 is 2.35 bits per heavy atom. The van der Waals surface area contributed by atoms with E-state index in [4.69, 9.17) is 4.74 Å². The third-order valence-corrected chi connectivity index (χ3v) is 2.58. The van der Waals surface area contributed by atoms with Gasteiger partial charge in [0, 0.05) is 0 Å². The predicted octanol–water partition coefficient (Wildman–Crippen LogP) is 2.86. The van der Waals surface area contributed by atoms with Crippen LogP contribution in [0.4, 0.5) is 14.5 Å². The Hall–Kier alpha value is -1.52. The number of hydrogen-bond donors (Lipinski definition) is 1. The summed E-state index contributed by atoms with van der Waals surface area (Å²) >= 11 is 0. The molecule has 1 aliphatic heterocycles. The lowest BCUT2D eigenvalue weighted by Gasteiger charge is -2.28. The van der Waals surface area contributed by atoms with Crippen LogP contribution in [0.2, 0.25) is 0 Å². The summed E-state index contributed by atoms with van der Waals surface area (Å²) in [5.41, 5.74) is 1.63. The Balaban J connectivity index is 2.41. The number of alkyl halides is 2.